The Labute approximate surface area is 197 Å². The SMILES string of the molecule is O=C(NCc1cccc(-c2nc(-c3ccccc3)cs2)c1)c1ccc(-c2ccccc2)cc1. The Kier molecular flexibility index (Phi) is 6.09. The highest BCUT2D eigenvalue weighted by Crippen LogP contribution is 2.29. The van der Waals surface area contributed by atoms with Crippen LogP contribution in [-0.2, 0) is 6.54 Å². The third-order valence-electron chi connectivity index (χ3n) is 5.45. The first-order valence-electron chi connectivity index (χ1n) is 10.8. The molecule has 0 bridgehead atoms. The monoisotopic (exact) mass is 446 g/mol. The highest BCUT2D eigenvalue weighted by Gasteiger charge is 2.09. The van der Waals surface area contributed by atoms with Gasteiger partial charge in [0.2, 0.25) is 0 Å². The fourth-order valence-corrected chi connectivity index (χ4v) is 4.52. The number of hydrogen-bond donors (Lipinski definition) is 1. The molecule has 0 saturated heterocycles. The van der Waals surface area contributed by atoms with Crippen LogP contribution >= 0.6 is 11.3 Å². The summed E-state index contributed by atoms with van der Waals surface area (Å²) in [6, 6.07) is 36.2. The molecule has 1 amide bonds. The average molecular weight is 447 g/mol. The molecule has 5 rings (SSSR count). The highest BCUT2D eigenvalue weighted by atomic mass is 32.1. The van der Waals surface area contributed by atoms with Crippen LogP contribution in [-0.4, -0.2) is 10.9 Å². The molecule has 0 aliphatic rings. The van der Waals surface area contributed by atoms with E-state index in [0.717, 1.165) is 38.5 Å². The molecule has 0 unspecified atom stereocenters. The van der Waals surface area contributed by atoms with Crippen LogP contribution in [0.15, 0.2) is 115 Å². The number of amides is 1. The second-order valence-corrected chi connectivity index (χ2v) is 8.59. The summed E-state index contributed by atoms with van der Waals surface area (Å²) in [5.41, 5.74) is 7.07. The zero-order valence-corrected chi connectivity index (χ0v) is 18.8. The van der Waals surface area contributed by atoms with Crippen molar-refractivity contribution in [2.24, 2.45) is 0 Å². The number of rotatable bonds is 6. The van der Waals surface area contributed by atoms with Crippen molar-refractivity contribution >= 4 is 17.2 Å². The van der Waals surface area contributed by atoms with E-state index < -0.39 is 0 Å². The van der Waals surface area contributed by atoms with Crippen LogP contribution < -0.4 is 5.32 Å². The van der Waals surface area contributed by atoms with Crippen molar-refractivity contribution in [3.63, 3.8) is 0 Å². The van der Waals surface area contributed by atoms with Gasteiger partial charge >= 0.3 is 0 Å². The largest absolute Gasteiger partial charge is 0.348 e. The molecule has 0 saturated carbocycles. The summed E-state index contributed by atoms with van der Waals surface area (Å²) < 4.78 is 0. The maximum Gasteiger partial charge on any atom is 0.251 e. The Morgan fingerprint density at radius 1 is 0.697 bits per heavy atom. The molecule has 0 atom stereocenters. The maximum absolute atomic E-state index is 12.7. The summed E-state index contributed by atoms with van der Waals surface area (Å²) in [6.07, 6.45) is 0. The Morgan fingerprint density at radius 2 is 1.33 bits per heavy atom. The maximum atomic E-state index is 12.7. The Morgan fingerprint density at radius 3 is 2.06 bits per heavy atom. The number of carbonyl (C=O) groups is 1. The molecule has 33 heavy (non-hydrogen) atoms. The topological polar surface area (TPSA) is 42.0 Å². The van der Waals surface area contributed by atoms with E-state index in [1.165, 1.54) is 0 Å². The number of benzene rings is 4. The normalized spacial score (nSPS) is 10.7. The van der Waals surface area contributed by atoms with Crippen molar-refractivity contribution in [3.05, 3.63) is 126 Å². The van der Waals surface area contributed by atoms with Gasteiger partial charge in [0.05, 0.1) is 5.69 Å². The summed E-state index contributed by atoms with van der Waals surface area (Å²) in [4.78, 5) is 17.5. The molecule has 0 aliphatic heterocycles. The Hall–Kier alpha value is -4.02. The van der Waals surface area contributed by atoms with E-state index in [2.05, 4.69) is 47.1 Å². The molecular formula is C29H22N2OS. The summed E-state index contributed by atoms with van der Waals surface area (Å²) in [5.74, 6) is -0.0828. The van der Waals surface area contributed by atoms with Gasteiger partial charge in [0, 0.05) is 28.6 Å². The molecule has 1 aromatic heterocycles. The van der Waals surface area contributed by atoms with Gasteiger partial charge in [-0.15, -0.1) is 11.3 Å². The summed E-state index contributed by atoms with van der Waals surface area (Å²) in [5, 5.41) is 6.08. The summed E-state index contributed by atoms with van der Waals surface area (Å²) in [7, 11) is 0. The van der Waals surface area contributed by atoms with Gasteiger partial charge in [-0.25, -0.2) is 4.98 Å². The molecule has 0 radical (unpaired) electrons. The predicted octanol–water partition coefficient (Wildman–Crippen LogP) is 7.07. The fourth-order valence-electron chi connectivity index (χ4n) is 3.69. The average Bonchev–Trinajstić information content (AvgIpc) is 3.39. The Bertz CT molecular complexity index is 1360. The number of nitrogens with zero attached hydrogens (tertiary/aromatic N) is 1. The molecule has 5 aromatic rings. The first kappa shape index (κ1) is 20.9. The zero-order valence-electron chi connectivity index (χ0n) is 17.9. The molecule has 1 N–H and O–H groups in total. The van der Waals surface area contributed by atoms with Crippen molar-refractivity contribution in [1.82, 2.24) is 10.3 Å². The molecule has 0 aliphatic carbocycles. The third-order valence-corrected chi connectivity index (χ3v) is 6.35. The van der Waals surface area contributed by atoms with Gasteiger partial charge in [-0.2, -0.15) is 0 Å². The smallest absolute Gasteiger partial charge is 0.251 e. The van der Waals surface area contributed by atoms with Crippen LogP contribution in [0.1, 0.15) is 15.9 Å². The van der Waals surface area contributed by atoms with E-state index in [1.54, 1.807) is 11.3 Å². The van der Waals surface area contributed by atoms with Crippen molar-refractivity contribution < 1.29 is 4.79 Å². The lowest BCUT2D eigenvalue weighted by Gasteiger charge is -2.08. The number of nitrogens with one attached hydrogen (secondary N) is 1. The Balaban J connectivity index is 1.25. The van der Waals surface area contributed by atoms with Gasteiger partial charge in [-0.3, -0.25) is 4.79 Å². The van der Waals surface area contributed by atoms with Crippen molar-refractivity contribution in [1.29, 1.82) is 0 Å². The second-order valence-electron chi connectivity index (χ2n) is 7.73. The van der Waals surface area contributed by atoms with Gasteiger partial charge in [0.15, 0.2) is 0 Å². The second kappa shape index (κ2) is 9.63. The van der Waals surface area contributed by atoms with E-state index >= 15 is 0 Å². The quantitative estimate of drug-likeness (QED) is 0.303. The minimum absolute atomic E-state index is 0.0828. The van der Waals surface area contributed by atoms with Crippen LogP contribution in [0.5, 0.6) is 0 Å². The van der Waals surface area contributed by atoms with Crippen LogP contribution in [0.4, 0.5) is 0 Å². The first-order valence-corrected chi connectivity index (χ1v) is 11.7. The molecule has 4 aromatic carbocycles. The van der Waals surface area contributed by atoms with Crippen LogP contribution in [0.25, 0.3) is 33.0 Å². The lowest BCUT2D eigenvalue weighted by atomic mass is 10.0. The molecule has 1 heterocycles. The third kappa shape index (κ3) is 4.92. The van der Waals surface area contributed by atoms with Crippen LogP contribution in [0.2, 0.25) is 0 Å². The molecular weight excluding hydrogens is 424 g/mol. The predicted molar refractivity (Wildman–Crippen MR) is 136 cm³/mol. The van der Waals surface area contributed by atoms with E-state index in [1.807, 2.05) is 72.8 Å². The number of aromatic nitrogens is 1. The minimum Gasteiger partial charge on any atom is -0.348 e. The van der Waals surface area contributed by atoms with E-state index in [0.29, 0.717) is 12.1 Å². The van der Waals surface area contributed by atoms with Crippen molar-refractivity contribution in [2.45, 2.75) is 6.54 Å². The van der Waals surface area contributed by atoms with E-state index in [9.17, 15) is 4.79 Å². The van der Waals surface area contributed by atoms with Gasteiger partial charge in [-0.05, 0) is 34.9 Å². The fraction of sp³-hybridized carbons (Fsp3) is 0.0345. The first-order chi connectivity index (χ1) is 16.3. The molecule has 0 spiro atoms. The number of hydrogen-bond acceptors (Lipinski definition) is 3. The highest BCUT2D eigenvalue weighted by molar-refractivity contribution is 7.13. The van der Waals surface area contributed by atoms with Gasteiger partial charge in [0.25, 0.3) is 5.91 Å². The molecule has 4 heteroatoms. The van der Waals surface area contributed by atoms with Gasteiger partial charge < -0.3 is 5.32 Å². The van der Waals surface area contributed by atoms with Gasteiger partial charge in [-0.1, -0.05) is 91.0 Å². The summed E-state index contributed by atoms with van der Waals surface area (Å²) in [6.45, 7) is 0.462. The lowest BCUT2D eigenvalue weighted by Crippen LogP contribution is -2.22. The number of thiazole rings is 1. The van der Waals surface area contributed by atoms with Crippen molar-refractivity contribution in [2.75, 3.05) is 0 Å². The summed E-state index contributed by atoms with van der Waals surface area (Å²) >= 11 is 1.63. The number of carbonyl (C=O) groups excluding carboxylic acids is 1. The molecule has 3 nitrogen and oxygen atoms in total. The molecule has 0 fully saturated rings. The van der Waals surface area contributed by atoms with Crippen LogP contribution in [0.3, 0.4) is 0 Å². The van der Waals surface area contributed by atoms with E-state index in [4.69, 9.17) is 4.98 Å². The lowest BCUT2D eigenvalue weighted by molar-refractivity contribution is 0.0951. The van der Waals surface area contributed by atoms with E-state index in [-0.39, 0.29) is 5.91 Å². The minimum atomic E-state index is -0.0828. The van der Waals surface area contributed by atoms with Crippen LogP contribution in [0, 0.1) is 0 Å². The van der Waals surface area contributed by atoms with Gasteiger partial charge in [0.1, 0.15) is 5.01 Å². The molecule has 160 valence electrons. The zero-order chi connectivity index (χ0) is 22.5. The standard InChI is InChI=1S/C29H22N2OS/c32-28(25-16-14-23(15-17-25)22-9-3-1-4-10-22)30-19-21-8-7-13-26(18-21)29-31-27(20-33-29)24-11-5-2-6-12-24/h1-18,20H,19H2,(H,30,32). The van der Waals surface area contributed by atoms with Crippen molar-refractivity contribution in [3.8, 4) is 33.0 Å².